The van der Waals surface area contributed by atoms with Crippen molar-refractivity contribution in [3.8, 4) is 0 Å². The maximum absolute atomic E-state index is 3.58. The summed E-state index contributed by atoms with van der Waals surface area (Å²) in [7, 11) is 0. The van der Waals surface area contributed by atoms with Crippen LogP contribution in [0.4, 0.5) is 0 Å². The molecule has 1 aliphatic heterocycles. The van der Waals surface area contributed by atoms with E-state index in [9.17, 15) is 0 Å². The van der Waals surface area contributed by atoms with Crippen LogP contribution in [0.3, 0.4) is 0 Å². The summed E-state index contributed by atoms with van der Waals surface area (Å²) < 4.78 is 0. The van der Waals surface area contributed by atoms with Gasteiger partial charge in [0.1, 0.15) is 0 Å². The second kappa shape index (κ2) is 8.97. The Balaban J connectivity index is 1.90. The molecule has 0 bridgehead atoms. The fourth-order valence-corrected chi connectivity index (χ4v) is 2.25. The van der Waals surface area contributed by atoms with Crippen molar-refractivity contribution in [2.45, 2.75) is 33.1 Å². The van der Waals surface area contributed by atoms with E-state index in [2.05, 4.69) is 29.4 Å². The van der Waals surface area contributed by atoms with Crippen LogP contribution in [-0.2, 0) is 0 Å². The van der Waals surface area contributed by atoms with Gasteiger partial charge in [0.2, 0.25) is 0 Å². The Labute approximate surface area is 101 Å². The van der Waals surface area contributed by atoms with E-state index in [1.165, 1.54) is 65.1 Å². The molecule has 0 aromatic carbocycles. The summed E-state index contributed by atoms with van der Waals surface area (Å²) in [5.74, 6) is 0.874. The quantitative estimate of drug-likeness (QED) is 0.612. The van der Waals surface area contributed by atoms with E-state index >= 15 is 0 Å². The Bertz CT molecular complexity index is 151. The molecule has 1 fully saturated rings. The minimum absolute atomic E-state index is 0.874. The molecule has 0 radical (unpaired) electrons. The molecule has 0 amide bonds. The van der Waals surface area contributed by atoms with Crippen molar-refractivity contribution in [3.63, 3.8) is 0 Å². The standard InChI is InChI=1S/C13H29N3/c1-3-13(4-2)12-15-6-5-9-16-10-7-14-8-11-16/h13-15H,3-12H2,1-2H3. The van der Waals surface area contributed by atoms with Crippen LogP contribution in [0.25, 0.3) is 0 Å². The molecular formula is C13H29N3. The predicted octanol–water partition coefficient (Wildman–Crippen LogP) is 1.31. The molecule has 16 heavy (non-hydrogen) atoms. The Morgan fingerprint density at radius 2 is 1.88 bits per heavy atom. The molecule has 1 rings (SSSR count). The fourth-order valence-electron chi connectivity index (χ4n) is 2.25. The molecule has 2 N–H and O–H groups in total. The Hall–Kier alpha value is -0.120. The first kappa shape index (κ1) is 13.9. The second-order valence-electron chi connectivity index (χ2n) is 4.83. The highest BCUT2D eigenvalue weighted by molar-refractivity contribution is 4.68. The van der Waals surface area contributed by atoms with E-state index in [4.69, 9.17) is 0 Å². The first-order chi connectivity index (χ1) is 7.86. The molecule has 0 saturated carbocycles. The van der Waals surface area contributed by atoms with Gasteiger partial charge in [0, 0.05) is 26.2 Å². The zero-order valence-electron chi connectivity index (χ0n) is 11.1. The Kier molecular flexibility index (Phi) is 7.81. The molecule has 0 aliphatic carbocycles. The van der Waals surface area contributed by atoms with Gasteiger partial charge in [-0.05, 0) is 32.0 Å². The normalized spacial score (nSPS) is 18.2. The second-order valence-corrected chi connectivity index (χ2v) is 4.83. The van der Waals surface area contributed by atoms with Crippen molar-refractivity contribution in [3.05, 3.63) is 0 Å². The highest BCUT2D eigenvalue weighted by Gasteiger charge is 2.08. The van der Waals surface area contributed by atoms with Gasteiger partial charge in [-0.15, -0.1) is 0 Å². The first-order valence-corrected chi connectivity index (χ1v) is 7.00. The summed E-state index contributed by atoms with van der Waals surface area (Å²) in [6.45, 7) is 13.0. The van der Waals surface area contributed by atoms with Crippen LogP contribution in [0.2, 0.25) is 0 Å². The number of rotatable bonds is 8. The van der Waals surface area contributed by atoms with E-state index in [1.807, 2.05) is 0 Å². The molecule has 3 nitrogen and oxygen atoms in total. The zero-order chi connectivity index (χ0) is 11.6. The number of hydrogen-bond acceptors (Lipinski definition) is 3. The molecule has 3 heteroatoms. The average Bonchev–Trinajstić information content (AvgIpc) is 2.35. The topological polar surface area (TPSA) is 27.3 Å². The minimum Gasteiger partial charge on any atom is -0.316 e. The third kappa shape index (κ3) is 5.83. The molecular weight excluding hydrogens is 198 g/mol. The third-order valence-corrected chi connectivity index (χ3v) is 3.63. The summed E-state index contributed by atoms with van der Waals surface area (Å²) in [5, 5.41) is 6.97. The fraction of sp³-hybridized carbons (Fsp3) is 1.00. The number of nitrogens with one attached hydrogen (secondary N) is 2. The van der Waals surface area contributed by atoms with Crippen LogP contribution in [-0.4, -0.2) is 50.7 Å². The van der Waals surface area contributed by atoms with Crippen LogP contribution < -0.4 is 10.6 Å². The maximum Gasteiger partial charge on any atom is 0.0107 e. The summed E-state index contributed by atoms with van der Waals surface area (Å²) in [4.78, 5) is 2.56. The molecule has 96 valence electrons. The molecule has 0 atom stereocenters. The molecule has 1 saturated heterocycles. The van der Waals surface area contributed by atoms with E-state index in [0.29, 0.717) is 0 Å². The minimum atomic E-state index is 0.874. The van der Waals surface area contributed by atoms with Gasteiger partial charge in [-0.2, -0.15) is 0 Å². The van der Waals surface area contributed by atoms with E-state index in [0.717, 1.165) is 5.92 Å². The van der Waals surface area contributed by atoms with Gasteiger partial charge in [0.15, 0.2) is 0 Å². The number of piperazine rings is 1. The van der Waals surface area contributed by atoms with Crippen molar-refractivity contribution in [1.29, 1.82) is 0 Å². The van der Waals surface area contributed by atoms with Crippen LogP contribution >= 0.6 is 0 Å². The molecule has 0 aromatic heterocycles. The lowest BCUT2D eigenvalue weighted by atomic mass is 10.0. The molecule has 0 unspecified atom stereocenters. The number of nitrogens with zero attached hydrogens (tertiary/aromatic N) is 1. The lowest BCUT2D eigenvalue weighted by molar-refractivity contribution is 0.237. The number of hydrogen-bond donors (Lipinski definition) is 2. The van der Waals surface area contributed by atoms with Gasteiger partial charge in [-0.3, -0.25) is 0 Å². The summed E-state index contributed by atoms with van der Waals surface area (Å²) in [6.07, 6.45) is 3.91. The summed E-state index contributed by atoms with van der Waals surface area (Å²) in [5.41, 5.74) is 0. The monoisotopic (exact) mass is 227 g/mol. The van der Waals surface area contributed by atoms with E-state index < -0.39 is 0 Å². The average molecular weight is 227 g/mol. The van der Waals surface area contributed by atoms with E-state index in [-0.39, 0.29) is 0 Å². The Morgan fingerprint density at radius 3 is 2.50 bits per heavy atom. The predicted molar refractivity (Wildman–Crippen MR) is 70.9 cm³/mol. The van der Waals surface area contributed by atoms with Crippen LogP contribution in [0.5, 0.6) is 0 Å². The van der Waals surface area contributed by atoms with Crippen LogP contribution in [0.1, 0.15) is 33.1 Å². The highest BCUT2D eigenvalue weighted by Crippen LogP contribution is 2.04. The van der Waals surface area contributed by atoms with Gasteiger partial charge in [0.05, 0.1) is 0 Å². The first-order valence-electron chi connectivity index (χ1n) is 7.00. The lowest BCUT2D eigenvalue weighted by Gasteiger charge is -2.27. The van der Waals surface area contributed by atoms with Gasteiger partial charge >= 0.3 is 0 Å². The van der Waals surface area contributed by atoms with E-state index in [1.54, 1.807) is 0 Å². The lowest BCUT2D eigenvalue weighted by Crippen LogP contribution is -2.44. The van der Waals surface area contributed by atoms with Gasteiger partial charge in [-0.1, -0.05) is 26.7 Å². The van der Waals surface area contributed by atoms with Crippen molar-refractivity contribution >= 4 is 0 Å². The molecule has 0 spiro atoms. The van der Waals surface area contributed by atoms with Crippen LogP contribution in [0.15, 0.2) is 0 Å². The summed E-state index contributed by atoms with van der Waals surface area (Å²) in [6, 6.07) is 0. The zero-order valence-corrected chi connectivity index (χ0v) is 11.1. The molecule has 1 heterocycles. The van der Waals surface area contributed by atoms with Crippen molar-refractivity contribution in [1.82, 2.24) is 15.5 Å². The van der Waals surface area contributed by atoms with Gasteiger partial charge < -0.3 is 15.5 Å². The summed E-state index contributed by atoms with van der Waals surface area (Å²) >= 11 is 0. The van der Waals surface area contributed by atoms with Crippen molar-refractivity contribution in [2.75, 3.05) is 45.8 Å². The van der Waals surface area contributed by atoms with Crippen molar-refractivity contribution < 1.29 is 0 Å². The highest BCUT2D eigenvalue weighted by atomic mass is 15.2. The maximum atomic E-state index is 3.58. The third-order valence-electron chi connectivity index (χ3n) is 3.63. The van der Waals surface area contributed by atoms with Gasteiger partial charge in [-0.25, -0.2) is 0 Å². The largest absolute Gasteiger partial charge is 0.316 e. The molecule has 1 aliphatic rings. The van der Waals surface area contributed by atoms with Gasteiger partial charge in [0.25, 0.3) is 0 Å². The SMILES string of the molecule is CCC(CC)CNCCCN1CCNCC1. The molecule has 0 aromatic rings. The smallest absolute Gasteiger partial charge is 0.0107 e. The van der Waals surface area contributed by atoms with Crippen LogP contribution in [0, 0.1) is 5.92 Å². The van der Waals surface area contributed by atoms with Crippen molar-refractivity contribution in [2.24, 2.45) is 5.92 Å². The Morgan fingerprint density at radius 1 is 1.19 bits per heavy atom.